The molecule has 3 rings (SSSR count). The van der Waals surface area contributed by atoms with E-state index >= 15 is 0 Å². The van der Waals surface area contributed by atoms with Gasteiger partial charge in [0.2, 0.25) is 41.4 Å². The number of anilines is 1. The minimum Gasteiger partial charge on any atom is -0.423 e. The van der Waals surface area contributed by atoms with Crippen LogP contribution in [0, 0.1) is 6.92 Å². The number of unbranched alkanes of at least 4 members (excludes halogenated alkanes) is 2. The standard InChI is InChI=1S/C38H56N8O9/c1-4-10-33(49)41-19-8-6-12-27(35(51)43-25-14-15-26-23(2)21-34(50)55-31(26)22-25)44-36(52)28(11-5-7-18-39)45-37(53)30-13-9-20-46(30)38(54)29(42-24(3)47)16-17-32(40)48/h14-15,21-22,27-30H,4-13,16-20,39H2,1-3H3,(H2,40,48)(H,41,49)(H,42,47)(H,43,51)(H,44,52)(H,45,53)/t27-,28-,29-,30-/m0/s1. The zero-order valence-electron chi connectivity index (χ0n) is 32.0. The van der Waals surface area contributed by atoms with Crippen molar-refractivity contribution in [1.29, 1.82) is 0 Å². The van der Waals surface area contributed by atoms with Crippen LogP contribution in [0.5, 0.6) is 0 Å². The van der Waals surface area contributed by atoms with Gasteiger partial charge in [-0.3, -0.25) is 33.6 Å². The summed E-state index contributed by atoms with van der Waals surface area (Å²) in [6.45, 7) is 5.89. The lowest BCUT2D eigenvalue weighted by Crippen LogP contribution is -2.57. The predicted molar refractivity (Wildman–Crippen MR) is 205 cm³/mol. The van der Waals surface area contributed by atoms with Crippen molar-refractivity contribution in [1.82, 2.24) is 26.2 Å². The molecule has 1 fully saturated rings. The monoisotopic (exact) mass is 768 g/mol. The van der Waals surface area contributed by atoms with Gasteiger partial charge in [0.15, 0.2) is 0 Å². The summed E-state index contributed by atoms with van der Waals surface area (Å²) in [6.07, 6.45) is 4.18. The number of amides is 7. The fourth-order valence-electron chi connectivity index (χ4n) is 6.51. The summed E-state index contributed by atoms with van der Waals surface area (Å²) < 4.78 is 5.33. The Balaban J connectivity index is 1.80. The molecular weight excluding hydrogens is 712 g/mol. The lowest BCUT2D eigenvalue weighted by atomic mass is 10.0. The number of nitrogens with one attached hydrogen (secondary N) is 5. The lowest BCUT2D eigenvalue weighted by Gasteiger charge is -2.30. The number of nitrogens with zero attached hydrogens (tertiary/aromatic N) is 1. The van der Waals surface area contributed by atoms with E-state index in [2.05, 4.69) is 26.6 Å². The van der Waals surface area contributed by atoms with E-state index < -0.39 is 65.2 Å². The normalized spacial score (nSPS) is 15.4. The molecule has 1 aliphatic heterocycles. The summed E-state index contributed by atoms with van der Waals surface area (Å²) in [7, 11) is 0. The summed E-state index contributed by atoms with van der Waals surface area (Å²) >= 11 is 0. The van der Waals surface area contributed by atoms with Gasteiger partial charge in [0.25, 0.3) is 0 Å². The smallest absolute Gasteiger partial charge is 0.336 e. The van der Waals surface area contributed by atoms with E-state index in [4.69, 9.17) is 15.9 Å². The van der Waals surface area contributed by atoms with Gasteiger partial charge in [0.1, 0.15) is 29.8 Å². The molecule has 0 bridgehead atoms. The van der Waals surface area contributed by atoms with Crippen molar-refractivity contribution >= 4 is 58.0 Å². The second-order valence-corrected chi connectivity index (χ2v) is 13.9. The van der Waals surface area contributed by atoms with Crippen LogP contribution >= 0.6 is 0 Å². The van der Waals surface area contributed by atoms with Crippen molar-refractivity contribution in [3.63, 3.8) is 0 Å². The van der Waals surface area contributed by atoms with Gasteiger partial charge in [-0.1, -0.05) is 6.92 Å². The van der Waals surface area contributed by atoms with Gasteiger partial charge in [-0.05, 0) is 95.4 Å². The zero-order chi connectivity index (χ0) is 40.5. The molecule has 1 aromatic heterocycles. The SMILES string of the molecule is CCCC(=O)NCCCC[C@H](NC(=O)[C@H](CCCCN)NC(=O)[C@@H]1CCCN1C(=O)[C@H](CCC(N)=O)NC(C)=O)C(=O)Nc1ccc2c(C)cc(=O)oc2c1. The maximum atomic E-state index is 13.9. The Morgan fingerprint density at radius 2 is 1.60 bits per heavy atom. The van der Waals surface area contributed by atoms with E-state index in [1.54, 1.807) is 19.1 Å². The van der Waals surface area contributed by atoms with E-state index in [-0.39, 0.29) is 43.7 Å². The highest BCUT2D eigenvalue weighted by molar-refractivity contribution is 6.00. The molecule has 0 spiro atoms. The second-order valence-electron chi connectivity index (χ2n) is 13.9. The molecule has 7 amide bonds. The number of likely N-dealkylation sites (tertiary alicyclic amines) is 1. The van der Waals surface area contributed by atoms with Crippen LogP contribution in [0.4, 0.5) is 5.69 Å². The Hall–Kier alpha value is -5.32. The van der Waals surface area contributed by atoms with Gasteiger partial charge in [-0.2, -0.15) is 0 Å². The molecular formula is C38H56N8O9. The minimum atomic E-state index is -1.08. The van der Waals surface area contributed by atoms with Crippen molar-refractivity contribution < 1.29 is 38.0 Å². The highest BCUT2D eigenvalue weighted by Gasteiger charge is 2.39. The molecule has 0 radical (unpaired) electrons. The Morgan fingerprint density at radius 1 is 0.891 bits per heavy atom. The number of nitrogens with two attached hydrogens (primary N) is 2. The third kappa shape index (κ3) is 14.1. The quantitative estimate of drug-likeness (QED) is 0.0660. The number of carbonyl (C=O) groups excluding carboxylic acids is 7. The molecule has 17 nitrogen and oxygen atoms in total. The zero-order valence-corrected chi connectivity index (χ0v) is 32.0. The Kier molecular flexibility index (Phi) is 17.8. The van der Waals surface area contributed by atoms with Crippen molar-refractivity contribution in [2.24, 2.45) is 11.5 Å². The van der Waals surface area contributed by atoms with E-state index in [1.165, 1.54) is 24.0 Å². The molecule has 4 atom stereocenters. The number of hydrogen-bond donors (Lipinski definition) is 7. The highest BCUT2D eigenvalue weighted by atomic mass is 16.4. The summed E-state index contributed by atoms with van der Waals surface area (Å²) in [5.41, 5.74) is 11.8. The molecule has 302 valence electrons. The van der Waals surface area contributed by atoms with Gasteiger partial charge in [0.05, 0.1) is 0 Å². The average molecular weight is 769 g/mol. The van der Waals surface area contributed by atoms with Crippen LogP contribution in [0.25, 0.3) is 11.0 Å². The van der Waals surface area contributed by atoms with Gasteiger partial charge in [-0.15, -0.1) is 0 Å². The molecule has 1 aliphatic rings. The summed E-state index contributed by atoms with van der Waals surface area (Å²) in [5, 5.41) is 14.5. The van der Waals surface area contributed by atoms with Gasteiger partial charge >= 0.3 is 5.63 Å². The molecule has 17 heteroatoms. The predicted octanol–water partition coefficient (Wildman–Crippen LogP) is 0.986. The Labute approximate surface area is 320 Å². The van der Waals surface area contributed by atoms with Crippen LogP contribution in [0.15, 0.2) is 33.5 Å². The molecule has 0 unspecified atom stereocenters. The van der Waals surface area contributed by atoms with Crippen molar-refractivity contribution in [3.05, 3.63) is 40.2 Å². The number of aryl methyl sites for hydroxylation is 1. The fourth-order valence-corrected chi connectivity index (χ4v) is 6.51. The first-order chi connectivity index (χ1) is 26.2. The topological polar surface area (TPSA) is 265 Å². The van der Waals surface area contributed by atoms with E-state index in [0.717, 1.165) is 0 Å². The number of rotatable bonds is 22. The van der Waals surface area contributed by atoms with Crippen molar-refractivity contribution in [2.45, 2.75) is 122 Å². The minimum absolute atomic E-state index is 0.0371. The maximum Gasteiger partial charge on any atom is 0.336 e. The summed E-state index contributed by atoms with van der Waals surface area (Å²) in [6, 6.07) is 2.12. The van der Waals surface area contributed by atoms with Crippen molar-refractivity contribution in [3.8, 4) is 0 Å². The molecule has 1 saturated heterocycles. The Bertz CT molecular complexity index is 1750. The molecule has 0 saturated carbocycles. The highest BCUT2D eigenvalue weighted by Crippen LogP contribution is 2.22. The van der Waals surface area contributed by atoms with Gasteiger partial charge < -0.3 is 47.4 Å². The van der Waals surface area contributed by atoms with E-state index in [1.807, 2.05) is 6.92 Å². The molecule has 9 N–H and O–H groups in total. The lowest BCUT2D eigenvalue weighted by molar-refractivity contribution is -0.142. The van der Waals surface area contributed by atoms with Crippen molar-refractivity contribution in [2.75, 3.05) is 25.0 Å². The van der Waals surface area contributed by atoms with Gasteiger partial charge in [-0.25, -0.2) is 4.79 Å². The third-order valence-electron chi connectivity index (χ3n) is 9.34. The molecule has 2 heterocycles. The molecule has 2 aromatic rings. The average Bonchev–Trinajstić information content (AvgIpc) is 3.62. The second kappa shape index (κ2) is 22.2. The van der Waals surface area contributed by atoms with Crippen LogP contribution in [0.3, 0.4) is 0 Å². The van der Waals surface area contributed by atoms with Crippen LogP contribution in [0.1, 0.15) is 96.5 Å². The molecule has 1 aromatic carbocycles. The van der Waals surface area contributed by atoms with Crippen LogP contribution in [-0.2, 0) is 33.6 Å². The first-order valence-electron chi connectivity index (χ1n) is 19.0. The van der Waals surface area contributed by atoms with Crippen LogP contribution < -0.4 is 43.7 Å². The Morgan fingerprint density at radius 3 is 2.27 bits per heavy atom. The van der Waals surface area contributed by atoms with Gasteiger partial charge in [0, 0.05) is 56.1 Å². The number of benzene rings is 1. The third-order valence-corrected chi connectivity index (χ3v) is 9.34. The molecule has 0 aliphatic carbocycles. The van der Waals surface area contributed by atoms with E-state index in [0.29, 0.717) is 81.1 Å². The van der Waals surface area contributed by atoms with Crippen LogP contribution in [-0.4, -0.2) is 90.1 Å². The number of carbonyl (C=O) groups is 7. The number of fused-ring (bicyclic) bond motifs is 1. The summed E-state index contributed by atoms with van der Waals surface area (Å²) in [4.78, 5) is 104. The molecule has 55 heavy (non-hydrogen) atoms. The largest absolute Gasteiger partial charge is 0.423 e. The maximum absolute atomic E-state index is 13.9. The van der Waals surface area contributed by atoms with Crippen LogP contribution in [0.2, 0.25) is 0 Å². The van der Waals surface area contributed by atoms with E-state index in [9.17, 15) is 38.4 Å². The summed E-state index contributed by atoms with van der Waals surface area (Å²) in [5.74, 6) is -3.47. The fraction of sp³-hybridized carbons (Fsp3) is 0.579. The first kappa shape index (κ1) is 44.1. The number of primary amides is 1. The first-order valence-corrected chi connectivity index (χ1v) is 19.0. The number of hydrogen-bond acceptors (Lipinski definition) is 10.